The second-order valence-electron chi connectivity index (χ2n) is 6.47. The molecule has 1 aliphatic rings. The van der Waals surface area contributed by atoms with Gasteiger partial charge >= 0.3 is 0 Å². The van der Waals surface area contributed by atoms with E-state index < -0.39 is 5.91 Å². The molecule has 2 amide bonds. The Hall–Kier alpha value is -2.72. The molecule has 0 aliphatic heterocycles. The monoisotopic (exact) mass is 414 g/mol. The van der Waals surface area contributed by atoms with Crippen molar-refractivity contribution >= 4 is 39.9 Å². The number of rotatable bonds is 6. The third kappa shape index (κ3) is 3.65. The molecule has 2 aromatic heterocycles. The maximum Gasteiger partial charge on any atom is 0.251 e. The van der Waals surface area contributed by atoms with Crippen LogP contribution >= 0.6 is 23.1 Å². The molecule has 10 heteroatoms. The van der Waals surface area contributed by atoms with E-state index in [4.69, 9.17) is 5.73 Å². The number of tetrazole rings is 1. The fourth-order valence-corrected chi connectivity index (χ4v) is 5.16. The molecule has 0 saturated heterocycles. The van der Waals surface area contributed by atoms with Gasteiger partial charge in [0.2, 0.25) is 11.1 Å². The Labute approximate surface area is 169 Å². The SMILES string of the molecule is Cc1ccc(-n2nnnc2SCC(=O)Nc2sc3c(c2C(N)=O)CCC3)cc1. The van der Waals surface area contributed by atoms with Crippen molar-refractivity contribution in [1.29, 1.82) is 0 Å². The lowest BCUT2D eigenvalue weighted by Crippen LogP contribution is -2.19. The first-order valence-electron chi connectivity index (χ1n) is 8.75. The first kappa shape index (κ1) is 18.6. The molecule has 2 heterocycles. The zero-order chi connectivity index (χ0) is 19.7. The van der Waals surface area contributed by atoms with Crippen LogP contribution in [-0.4, -0.2) is 37.8 Å². The number of fused-ring (bicyclic) bond motifs is 1. The van der Waals surface area contributed by atoms with Crippen molar-refractivity contribution < 1.29 is 9.59 Å². The largest absolute Gasteiger partial charge is 0.365 e. The van der Waals surface area contributed by atoms with Crippen molar-refractivity contribution in [3.8, 4) is 5.69 Å². The van der Waals surface area contributed by atoms with Gasteiger partial charge in [-0.15, -0.1) is 16.4 Å². The number of thioether (sulfide) groups is 1. The van der Waals surface area contributed by atoms with Crippen LogP contribution < -0.4 is 11.1 Å². The van der Waals surface area contributed by atoms with Crippen molar-refractivity contribution in [2.24, 2.45) is 5.73 Å². The Morgan fingerprint density at radius 3 is 2.82 bits per heavy atom. The summed E-state index contributed by atoms with van der Waals surface area (Å²) in [4.78, 5) is 25.4. The van der Waals surface area contributed by atoms with Crippen molar-refractivity contribution in [1.82, 2.24) is 20.2 Å². The lowest BCUT2D eigenvalue weighted by molar-refractivity contribution is -0.113. The van der Waals surface area contributed by atoms with Gasteiger partial charge in [0.15, 0.2) is 0 Å². The molecule has 4 rings (SSSR count). The highest BCUT2D eigenvalue weighted by Gasteiger charge is 2.26. The molecule has 1 aromatic carbocycles. The average molecular weight is 415 g/mol. The van der Waals surface area contributed by atoms with Gasteiger partial charge in [-0.1, -0.05) is 29.5 Å². The van der Waals surface area contributed by atoms with E-state index in [0.29, 0.717) is 15.7 Å². The molecule has 0 bridgehead atoms. The van der Waals surface area contributed by atoms with Crippen LogP contribution in [0.5, 0.6) is 0 Å². The van der Waals surface area contributed by atoms with Gasteiger partial charge in [0, 0.05) is 4.88 Å². The summed E-state index contributed by atoms with van der Waals surface area (Å²) in [5.41, 5.74) is 8.94. The molecular formula is C18H18N6O2S2. The molecular weight excluding hydrogens is 396 g/mol. The van der Waals surface area contributed by atoms with Crippen molar-refractivity contribution in [2.75, 3.05) is 11.1 Å². The molecule has 144 valence electrons. The minimum absolute atomic E-state index is 0.118. The molecule has 0 atom stereocenters. The van der Waals surface area contributed by atoms with Gasteiger partial charge in [0.05, 0.1) is 17.0 Å². The molecule has 0 radical (unpaired) electrons. The van der Waals surface area contributed by atoms with Crippen LogP contribution in [-0.2, 0) is 17.6 Å². The van der Waals surface area contributed by atoms with Gasteiger partial charge in [-0.3, -0.25) is 9.59 Å². The number of hydrogen-bond donors (Lipinski definition) is 2. The maximum absolute atomic E-state index is 12.4. The average Bonchev–Trinajstić information content (AvgIpc) is 3.36. The predicted octanol–water partition coefficient (Wildman–Crippen LogP) is 2.35. The zero-order valence-electron chi connectivity index (χ0n) is 15.1. The van der Waals surface area contributed by atoms with E-state index in [9.17, 15) is 9.59 Å². The Balaban J connectivity index is 1.45. The predicted molar refractivity (Wildman–Crippen MR) is 108 cm³/mol. The van der Waals surface area contributed by atoms with Gasteiger partial charge in [0.25, 0.3) is 5.91 Å². The third-order valence-electron chi connectivity index (χ3n) is 4.47. The highest BCUT2D eigenvalue weighted by molar-refractivity contribution is 7.99. The molecule has 0 saturated carbocycles. The quantitative estimate of drug-likeness (QED) is 0.598. The molecule has 3 N–H and O–H groups in total. The van der Waals surface area contributed by atoms with Crippen molar-refractivity contribution in [3.05, 3.63) is 45.8 Å². The van der Waals surface area contributed by atoms with Crippen LogP contribution in [0.4, 0.5) is 5.00 Å². The third-order valence-corrected chi connectivity index (χ3v) is 6.60. The summed E-state index contributed by atoms with van der Waals surface area (Å²) < 4.78 is 1.59. The number of nitrogens with one attached hydrogen (secondary N) is 1. The number of benzene rings is 1. The number of thiophene rings is 1. The number of amides is 2. The van der Waals surface area contributed by atoms with Crippen LogP contribution in [0.15, 0.2) is 29.4 Å². The maximum atomic E-state index is 12.4. The Kier molecular flexibility index (Phi) is 5.14. The summed E-state index contributed by atoms with van der Waals surface area (Å²) in [5, 5.41) is 15.6. The van der Waals surface area contributed by atoms with E-state index in [2.05, 4.69) is 20.8 Å². The first-order chi connectivity index (χ1) is 13.5. The molecule has 0 fully saturated rings. The zero-order valence-corrected chi connectivity index (χ0v) is 16.8. The number of primary amides is 1. The molecule has 0 unspecified atom stereocenters. The van der Waals surface area contributed by atoms with Crippen LogP contribution in [0.1, 0.15) is 32.8 Å². The molecule has 3 aromatic rings. The van der Waals surface area contributed by atoms with Gasteiger partial charge in [-0.05, 0) is 54.3 Å². The van der Waals surface area contributed by atoms with Crippen molar-refractivity contribution in [3.63, 3.8) is 0 Å². The van der Waals surface area contributed by atoms with E-state index in [1.165, 1.54) is 23.1 Å². The number of aryl methyl sites for hydroxylation is 2. The number of nitrogens with zero attached hydrogens (tertiary/aromatic N) is 4. The van der Waals surface area contributed by atoms with Gasteiger partial charge in [-0.2, -0.15) is 4.68 Å². The molecule has 1 aliphatic carbocycles. The molecule has 0 spiro atoms. The Morgan fingerprint density at radius 2 is 2.07 bits per heavy atom. The summed E-state index contributed by atoms with van der Waals surface area (Å²) in [6.07, 6.45) is 2.78. The normalized spacial score (nSPS) is 12.8. The summed E-state index contributed by atoms with van der Waals surface area (Å²) in [6.45, 7) is 2.00. The minimum Gasteiger partial charge on any atom is -0.365 e. The topological polar surface area (TPSA) is 116 Å². The van der Waals surface area contributed by atoms with Crippen LogP contribution in [0, 0.1) is 6.92 Å². The summed E-state index contributed by atoms with van der Waals surface area (Å²) in [7, 11) is 0. The first-order valence-corrected chi connectivity index (χ1v) is 10.6. The van der Waals surface area contributed by atoms with Gasteiger partial charge < -0.3 is 11.1 Å². The second kappa shape index (κ2) is 7.72. The smallest absolute Gasteiger partial charge is 0.251 e. The fraction of sp³-hybridized carbons (Fsp3) is 0.278. The summed E-state index contributed by atoms with van der Waals surface area (Å²) in [5.74, 6) is -0.607. The van der Waals surface area contributed by atoms with E-state index >= 15 is 0 Å². The molecule has 28 heavy (non-hydrogen) atoms. The second-order valence-corrected chi connectivity index (χ2v) is 8.52. The number of carbonyl (C=O) groups excluding carboxylic acids is 2. The van der Waals surface area contributed by atoms with Crippen LogP contribution in [0.2, 0.25) is 0 Å². The molecule has 8 nitrogen and oxygen atoms in total. The van der Waals surface area contributed by atoms with Crippen molar-refractivity contribution in [2.45, 2.75) is 31.3 Å². The summed E-state index contributed by atoms with van der Waals surface area (Å²) >= 11 is 2.67. The van der Waals surface area contributed by atoms with E-state index in [-0.39, 0.29) is 11.7 Å². The number of nitrogens with two attached hydrogens (primary N) is 1. The number of aromatic nitrogens is 4. The Morgan fingerprint density at radius 1 is 1.29 bits per heavy atom. The van der Waals surface area contributed by atoms with Gasteiger partial charge in [0.1, 0.15) is 5.00 Å². The standard InChI is InChI=1S/C18H18N6O2S2/c1-10-5-7-11(8-6-10)24-18(21-22-23-24)27-9-14(25)20-17-15(16(19)26)12-3-2-4-13(12)28-17/h5-8H,2-4,9H2,1H3,(H2,19,26)(H,20,25). The van der Waals surface area contributed by atoms with Crippen LogP contribution in [0.3, 0.4) is 0 Å². The minimum atomic E-state index is -0.495. The number of anilines is 1. The lowest BCUT2D eigenvalue weighted by Gasteiger charge is -2.06. The highest BCUT2D eigenvalue weighted by Crippen LogP contribution is 2.38. The highest BCUT2D eigenvalue weighted by atomic mass is 32.2. The Bertz CT molecular complexity index is 1040. The van der Waals surface area contributed by atoms with E-state index in [0.717, 1.165) is 41.0 Å². The van der Waals surface area contributed by atoms with E-state index in [1.807, 2.05) is 31.2 Å². The van der Waals surface area contributed by atoms with Crippen LogP contribution in [0.25, 0.3) is 5.69 Å². The van der Waals surface area contributed by atoms with E-state index in [1.54, 1.807) is 4.68 Å². The fourth-order valence-electron chi connectivity index (χ4n) is 3.16. The van der Waals surface area contributed by atoms with Gasteiger partial charge in [-0.25, -0.2) is 0 Å². The lowest BCUT2D eigenvalue weighted by atomic mass is 10.1. The number of hydrogen-bond acceptors (Lipinski definition) is 7. The summed E-state index contributed by atoms with van der Waals surface area (Å²) in [6, 6.07) is 7.78. The number of carbonyl (C=O) groups is 2.